The van der Waals surface area contributed by atoms with Gasteiger partial charge in [-0.15, -0.1) is 0 Å². The first-order chi connectivity index (χ1) is 12.8. The molecule has 0 saturated heterocycles. The maximum absolute atomic E-state index is 12.2. The lowest BCUT2D eigenvalue weighted by atomic mass is 10.1. The maximum Gasteiger partial charge on any atom is 0.252 e. The van der Waals surface area contributed by atoms with Crippen molar-refractivity contribution in [2.75, 3.05) is 13.1 Å². The Morgan fingerprint density at radius 1 is 1.27 bits per heavy atom. The van der Waals surface area contributed by atoms with Crippen molar-refractivity contribution < 1.29 is 9.21 Å². The van der Waals surface area contributed by atoms with Crippen LogP contribution in [0.3, 0.4) is 0 Å². The number of fused-ring (bicyclic) bond motifs is 1. The monoisotopic (exact) mass is 351 g/mol. The van der Waals surface area contributed by atoms with Crippen molar-refractivity contribution in [3.05, 3.63) is 72.2 Å². The highest BCUT2D eigenvalue weighted by atomic mass is 16.3. The molecule has 0 bridgehead atoms. The topological polar surface area (TPSA) is 76.2 Å². The van der Waals surface area contributed by atoms with Gasteiger partial charge in [-0.05, 0) is 36.8 Å². The molecule has 3 aromatic rings. The number of carbonyl (C=O) groups excluding carboxylic acids is 1. The Labute approximate surface area is 151 Å². The Morgan fingerprint density at radius 2 is 2.23 bits per heavy atom. The molecule has 1 aliphatic rings. The van der Waals surface area contributed by atoms with Crippen molar-refractivity contribution in [1.29, 1.82) is 0 Å². The van der Waals surface area contributed by atoms with Gasteiger partial charge < -0.3 is 9.73 Å². The van der Waals surface area contributed by atoms with Gasteiger partial charge in [0, 0.05) is 38.2 Å². The van der Waals surface area contributed by atoms with Gasteiger partial charge >= 0.3 is 0 Å². The molecule has 1 amide bonds. The predicted molar refractivity (Wildman–Crippen MR) is 95.3 cm³/mol. The van der Waals surface area contributed by atoms with Gasteiger partial charge in [0.25, 0.3) is 5.91 Å². The summed E-state index contributed by atoms with van der Waals surface area (Å²) < 4.78 is 7.55. The van der Waals surface area contributed by atoms with Crippen molar-refractivity contribution in [1.82, 2.24) is 25.0 Å². The molecule has 0 saturated carbocycles. The van der Waals surface area contributed by atoms with Gasteiger partial charge in [0.1, 0.15) is 5.76 Å². The fourth-order valence-corrected chi connectivity index (χ4v) is 3.37. The standard InChI is InChI=1S/C19H21N5O2/c25-19(15-3-1-7-20-11-15)21-8-5-16-12-23(14-18-4-2-10-26-18)13-17-6-9-22-24(16)17/h1-4,6-7,9-11,16H,5,8,12-14H2,(H,21,25)/t16-/m1/s1. The molecule has 0 radical (unpaired) electrons. The maximum atomic E-state index is 12.2. The van der Waals surface area contributed by atoms with Crippen LogP contribution in [-0.2, 0) is 13.1 Å². The van der Waals surface area contributed by atoms with E-state index in [-0.39, 0.29) is 11.9 Å². The lowest BCUT2D eigenvalue weighted by Gasteiger charge is -2.33. The number of carbonyl (C=O) groups is 1. The molecule has 4 heterocycles. The number of nitrogens with one attached hydrogen (secondary N) is 1. The molecule has 1 N–H and O–H groups in total. The summed E-state index contributed by atoms with van der Waals surface area (Å²) in [6, 6.07) is 9.70. The van der Waals surface area contributed by atoms with E-state index >= 15 is 0 Å². The van der Waals surface area contributed by atoms with Gasteiger partial charge in [-0.3, -0.25) is 19.4 Å². The van der Waals surface area contributed by atoms with E-state index in [0.717, 1.165) is 31.8 Å². The van der Waals surface area contributed by atoms with E-state index in [4.69, 9.17) is 4.42 Å². The van der Waals surface area contributed by atoms with Gasteiger partial charge in [0.15, 0.2) is 0 Å². The molecule has 0 fully saturated rings. The summed E-state index contributed by atoms with van der Waals surface area (Å²) in [6.07, 6.45) is 7.59. The van der Waals surface area contributed by atoms with Gasteiger partial charge in [0.2, 0.25) is 0 Å². The van der Waals surface area contributed by atoms with E-state index in [2.05, 4.69) is 31.0 Å². The van der Waals surface area contributed by atoms with Crippen LogP contribution in [0.25, 0.3) is 0 Å². The quantitative estimate of drug-likeness (QED) is 0.737. The largest absolute Gasteiger partial charge is 0.468 e. The normalized spacial score (nSPS) is 17.0. The first-order valence-corrected chi connectivity index (χ1v) is 8.75. The van der Waals surface area contributed by atoms with Gasteiger partial charge in [-0.1, -0.05) is 0 Å². The van der Waals surface area contributed by atoms with Gasteiger partial charge in [0.05, 0.1) is 30.1 Å². The molecule has 0 unspecified atom stereocenters. The van der Waals surface area contributed by atoms with Crippen molar-refractivity contribution in [2.24, 2.45) is 0 Å². The zero-order valence-corrected chi connectivity index (χ0v) is 14.4. The van der Waals surface area contributed by atoms with Crippen LogP contribution in [0, 0.1) is 0 Å². The highest BCUT2D eigenvalue weighted by molar-refractivity contribution is 5.93. The SMILES string of the molecule is O=C(NCC[C@@H]1CN(Cc2ccco2)Cc2ccnn21)c1cccnc1. The van der Waals surface area contributed by atoms with E-state index in [9.17, 15) is 4.79 Å². The molecule has 0 spiro atoms. The first-order valence-electron chi connectivity index (χ1n) is 8.75. The van der Waals surface area contributed by atoms with Crippen LogP contribution in [0.4, 0.5) is 0 Å². The van der Waals surface area contributed by atoms with Crippen LogP contribution in [-0.4, -0.2) is 38.7 Å². The number of furan rings is 1. The first kappa shape index (κ1) is 16.5. The summed E-state index contributed by atoms with van der Waals surface area (Å²) in [5.41, 5.74) is 1.77. The molecule has 1 aliphatic heterocycles. The minimum absolute atomic E-state index is 0.0953. The van der Waals surface area contributed by atoms with E-state index in [1.807, 2.05) is 18.3 Å². The summed E-state index contributed by atoms with van der Waals surface area (Å²) in [5.74, 6) is 0.864. The highest BCUT2D eigenvalue weighted by Crippen LogP contribution is 2.24. The second kappa shape index (κ2) is 7.53. The Kier molecular flexibility index (Phi) is 4.79. The minimum Gasteiger partial charge on any atom is -0.468 e. The molecule has 0 aliphatic carbocycles. The smallest absolute Gasteiger partial charge is 0.252 e. The molecule has 0 aromatic carbocycles. The van der Waals surface area contributed by atoms with Crippen LogP contribution in [0.1, 0.15) is 34.3 Å². The van der Waals surface area contributed by atoms with E-state index in [1.54, 1.807) is 30.8 Å². The molecule has 1 atom stereocenters. The van der Waals surface area contributed by atoms with Gasteiger partial charge in [-0.2, -0.15) is 5.10 Å². The fraction of sp³-hybridized carbons (Fsp3) is 0.316. The number of pyridine rings is 1. The molecular formula is C19H21N5O2. The van der Waals surface area contributed by atoms with Crippen LogP contribution in [0.15, 0.2) is 59.6 Å². The van der Waals surface area contributed by atoms with E-state index < -0.39 is 0 Å². The van der Waals surface area contributed by atoms with Crippen molar-refractivity contribution in [3.8, 4) is 0 Å². The molecule has 26 heavy (non-hydrogen) atoms. The number of aromatic nitrogens is 3. The van der Waals surface area contributed by atoms with Crippen molar-refractivity contribution in [2.45, 2.75) is 25.6 Å². The molecular weight excluding hydrogens is 330 g/mol. The number of nitrogens with zero attached hydrogens (tertiary/aromatic N) is 4. The van der Waals surface area contributed by atoms with Crippen LogP contribution in [0.5, 0.6) is 0 Å². The summed E-state index contributed by atoms with van der Waals surface area (Å²) in [6.45, 7) is 3.08. The third-order valence-electron chi connectivity index (χ3n) is 4.60. The third-order valence-corrected chi connectivity index (χ3v) is 4.60. The van der Waals surface area contributed by atoms with Gasteiger partial charge in [-0.25, -0.2) is 0 Å². The lowest BCUT2D eigenvalue weighted by Crippen LogP contribution is -2.38. The summed E-state index contributed by atoms with van der Waals surface area (Å²) in [4.78, 5) is 18.5. The molecule has 7 heteroatoms. The lowest BCUT2D eigenvalue weighted by molar-refractivity contribution is 0.0946. The van der Waals surface area contributed by atoms with Crippen LogP contribution >= 0.6 is 0 Å². The molecule has 4 rings (SSSR count). The summed E-state index contributed by atoms with van der Waals surface area (Å²) in [5, 5.41) is 7.44. The average Bonchev–Trinajstić information content (AvgIpc) is 3.34. The zero-order valence-electron chi connectivity index (χ0n) is 14.4. The minimum atomic E-state index is -0.0953. The predicted octanol–water partition coefficient (Wildman–Crippen LogP) is 2.25. The molecule has 134 valence electrons. The second-order valence-corrected chi connectivity index (χ2v) is 6.46. The Hall–Kier alpha value is -2.93. The Balaban J connectivity index is 1.37. The van der Waals surface area contributed by atoms with Crippen molar-refractivity contribution in [3.63, 3.8) is 0 Å². The van der Waals surface area contributed by atoms with Crippen LogP contribution in [0.2, 0.25) is 0 Å². The van der Waals surface area contributed by atoms with E-state index in [1.165, 1.54) is 5.69 Å². The third kappa shape index (κ3) is 3.67. The van der Waals surface area contributed by atoms with Crippen LogP contribution < -0.4 is 5.32 Å². The fourth-order valence-electron chi connectivity index (χ4n) is 3.37. The van der Waals surface area contributed by atoms with Crippen molar-refractivity contribution >= 4 is 5.91 Å². The number of hydrogen-bond acceptors (Lipinski definition) is 5. The summed E-state index contributed by atoms with van der Waals surface area (Å²) >= 11 is 0. The summed E-state index contributed by atoms with van der Waals surface area (Å²) in [7, 11) is 0. The Bertz CT molecular complexity index is 844. The van der Waals surface area contributed by atoms with E-state index in [0.29, 0.717) is 12.1 Å². The molecule has 3 aromatic heterocycles. The number of rotatable bonds is 6. The highest BCUT2D eigenvalue weighted by Gasteiger charge is 2.25. The second-order valence-electron chi connectivity index (χ2n) is 6.46. The zero-order chi connectivity index (χ0) is 17.8. The Morgan fingerprint density at radius 3 is 3.04 bits per heavy atom. The number of hydrogen-bond donors (Lipinski definition) is 1. The number of amides is 1. The molecule has 7 nitrogen and oxygen atoms in total. The average molecular weight is 351 g/mol.